The van der Waals surface area contributed by atoms with Crippen molar-refractivity contribution in [3.63, 3.8) is 0 Å². The molecule has 1 saturated heterocycles. The first-order valence-electron chi connectivity index (χ1n) is 9.87. The summed E-state index contributed by atoms with van der Waals surface area (Å²) in [6.07, 6.45) is 3.91. The van der Waals surface area contributed by atoms with Crippen LogP contribution in [0.4, 0.5) is 0 Å². The molecule has 0 saturated carbocycles. The van der Waals surface area contributed by atoms with Crippen molar-refractivity contribution < 1.29 is 0 Å². The molecule has 0 bridgehead atoms. The fourth-order valence-corrected chi connectivity index (χ4v) is 3.58. The Labute approximate surface area is 186 Å². The molecule has 0 radical (unpaired) electrons. The standard InChI is InChI=1S/C21H32N6.HI/c1-18(2)16-25-11-13-26(14-12-25)21(22-3)24-15-20-23-9-10-27(20)17-19-7-5-4-6-8-19;/h4-10,18H,11-17H2,1-3H3,(H,22,24);1H. The molecule has 1 N–H and O–H groups in total. The van der Waals surface area contributed by atoms with Crippen LogP contribution in [0.3, 0.4) is 0 Å². The van der Waals surface area contributed by atoms with Crippen LogP contribution in [0.25, 0.3) is 0 Å². The molecule has 6 nitrogen and oxygen atoms in total. The number of guanidine groups is 1. The molecule has 0 unspecified atom stereocenters. The number of halogens is 1. The second-order valence-electron chi connectivity index (χ2n) is 7.54. The van der Waals surface area contributed by atoms with Crippen molar-refractivity contribution in [2.45, 2.75) is 26.9 Å². The summed E-state index contributed by atoms with van der Waals surface area (Å²) in [6.45, 7) is 11.5. The van der Waals surface area contributed by atoms with E-state index in [1.807, 2.05) is 25.5 Å². The van der Waals surface area contributed by atoms with Gasteiger partial charge in [0.1, 0.15) is 5.82 Å². The molecule has 0 atom stereocenters. The lowest BCUT2D eigenvalue weighted by Crippen LogP contribution is -2.52. The van der Waals surface area contributed by atoms with Gasteiger partial charge in [0.25, 0.3) is 0 Å². The molecule has 2 heterocycles. The van der Waals surface area contributed by atoms with Crippen molar-refractivity contribution in [1.82, 2.24) is 24.7 Å². The Balaban J connectivity index is 0.00000280. The molecule has 1 aliphatic rings. The fraction of sp³-hybridized carbons (Fsp3) is 0.524. The third-order valence-electron chi connectivity index (χ3n) is 4.91. The van der Waals surface area contributed by atoms with E-state index in [-0.39, 0.29) is 24.0 Å². The SMILES string of the molecule is CN=C(NCc1nccn1Cc1ccccc1)N1CCN(CC(C)C)CC1.I. The largest absolute Gasteiger partial charge is 0.349 e. The third-order valence-corrected chi connectivity index (χ3v) is 4.91. The molecule has 1 aliphatic heterocycles. The van der Waals surface area contributed by atoms with E-state index in [9.17, 15) is 0 Å². The van der Waals surface area contributed by atoms with Gasteiger partial charge in [-0.3, -0.25) is 9.89 Å². The lowest BCUT2D eigenvalue weighted by atomic mass is 10.2. The Morgan fingerprint density at radius 3 is 2.50 bits per heavy atom. The summed E-state index contributed by atoms with van der Waals surface area (Å²) in [5.41, 5.74) is 1.28. The van der Waals surface area contributed by atoms with Crippen molar-refractivity contribution in [2.24, 2.45) is 10.9 Å². The summed E-state index contributed by atoms with van der Waals surface area (Å²) in [6, 6.07) is 10.5. The Morgan fingerprint density at radius 2 is 1.86 bits per heavy atom. The van der Waals surface area contributed by atoms with Crippen LogP contribution < -0.4 is 5.32 Å². The van der Waals surface area contributed by atoms with E-state index in [1.165, 1.54) is 12.1 Å². The summed E-state index contributed by atoms with van der Waals surface area (Å²) in [5.74, 6) is 2.71. The smallest absolute Gasteiger partial charge is 0.194 e. The number of nitrogens with one attached hydrogen (secondary N) is 1. The summed E-state index contributed by atoms with van der Waals surface area (Å²) < 4.78 is 2.19. The van der Waals surface area contributed by atoms with Crippen molar-refractivity contribution in [3.05, 3.63) is 54.1 Å². The van der Waals surface area contributed by atoms with Crippen LogP contribution in [0.1, 0.15) is 25.2 Å². The molecule has 0 aliphatic carbocycles. The van der Waals surface area contributed by atoms with Gasteiger partial charge in [0.05, 0.1) is 6.54 Å². The lowest BCUT2D eigenvalue weighted by Gasteiger charge is -2.37. The monoisotopic (exact) mass is 496 g/mol. The number of imidazole rings is 1. The molecule has 1 fully saturated rings. The minimum absolute atomic E-state index is 0. The maximum absolute atomic E-state index is 4.53. The van der Waals surface area contributed by atoms with E-state index in [4.69, 9.17) is 0 Å². The van der Waals surface area contributed by atoms with Gasteiger partial charge in [-0.1, -0.05) is 44.2 Å². The van der Waals surface area contributed by atoms with Gasteiger partial charge in [-0.25, -0.2) is 4.98 Å². The predicted octanol–water partition coefficient (Wildman–Crippen LogP) is 2.90. The van der Waals surface area contributed by atoms with Crippen molar-refractivity contribution in [2.75, 3.05) is 39.8 Å². The minimum atomic E-state index is 0. The van der Waals surface area contributed by atoms with E-state index in [2.05, 4.69) is 67.8 Å². The maximum Gasteiger partial charge on any atom is 0.194 e. The normalized spacial score (nSPS) is 15.6. The fourth-order valence-electron chi connectivity index (χ4n) is 3.58. The molecule has 154 valence electrons. The highest BCUT2D eigenvalue weighted by atomic mass is 127. The lowest BCUT2D eigenvalue weighted by molar-refractivity contribution is 0.164. The zero-order valence-electron chi connectivity index (χ0n) is 17.2. The molecule has 1 aromatic heterocycles. The number of piperazine rings is 1. The van der Waals surface area contributed by atoms with Crippen LogP contribution in [0.5, 0.6) is 0 Å². The quantitative estimate of drug-likeness (QED) is 0.380. The molecule has 28 heavy (non-hydrogen) atoms. The van der Waals surface area contributed by atoms with Gasteiger partial charge in [-0.2, -0.15) is 0 Å². The van der Waals surface area contributed by atoms with Crippen molar-refractivity contribution in [3.8, 4) is 0 Å². The molecule has 2 aromatic rings. The van der Waals surface area contributed by atoms with E-state index < -0.39 is 0 Å². The molecule has 1 aromatic carbocycles. The second-order valence-corrected chi connectivity index (χ2v) is 7.54. The first kappa shape index (κ1) is 22.7. The number of rotatable bonds is 6. The summed E-state index contributed by atoms with van der Waals surface area (Å²) >= 11 is 0. The van der Waals surface area contributed by atoms with Gasteiger partial charge in [0, 0.05) is 58.7 Å². The summed E-state index contributed by atoms with van der Waals surface area (Å²) in [7, 11) is 1.86. The Hall–Kier alpha value is -1.61. The first-order valence-corrected chi connectivity index (χ1v) is 9.87. The zero-order chi connectivity index (χ0) is 19.1. The Bertz CT molecular complexity index is 720. The van der Waals surface area contributed by atoms with E-state index >= 15 is 0 Å². The minimum Gasteiger partial charge on any atom is -0.349 e. The van der Waals surface area contributed by atoms with Crippen molar-refractivity contribution >= 4 is 29.9 Å². The van der Waals surface area contributed by atoms with Crippen LogP contribution in [0.15, 0.2) is 47.7 Å². The number of aromatic nitrogens is 2. The predicted molar refractivity (Wildman–Crippen MR) is 126 cm³/mol. The number of aliphatic imine (C=N–C) groups is 1. The summed E-state index contributed by atoms with van der Waals surface area (Å²) in [4.78, 5) is 13.9. The van der Waals surface area contributed by atoms with E-state index in [0.29, 0.717) is 6.54 Å². The molecule has 0 amide bonds. The topological polar surface area (TPSA) is 48.7 Å². The van der Waals surface area contributed by atoms with Crippen LogP contribution in [0, 0.1) is 5.92 Å². The van der Waals surface area contributed by atoms with Gasteiger partial charge < -0.3 is 14.8 Å². The van der Waals surface area contributed by atoms with Crippen LogP contribution >= 0.6 is 24.0 Å². The van der Waals surface area contributed by atoms with E-state index in [1.54, 1.807) is 0 Å². The number of hydrogen-bond acceptors (Lipinski definition) is 3. The maximum atomic E-state index is 4.53. The highest BCUT2D eigenvalue weighted by Crippen LogP contribution is 2.08. The molecular weight excluding hydrogens is 463 g/mol. The van der Waals surface area contributed by atoms with Gasteiger partial charge in [-0.05, 0) is 11.5 Å². The van der Waals surface area contributed by atoms with Gasteiger partial charge in [-0.15, -0.1) is 24.0 Å². The number of benzene rings is 1. The molecular formula is C21H33IN6. The molecule has 3 rings (SSSR count). The third kappa shape index (κ3) is 6.48. The zero-order valence-corrected chi connectivity index (χ0v) is 19.5. The highest BCUT2D eigenvalue weighted by Gasteiger charge is 2.20. The van der Waals surface area contributed by atoms with Crippen LogP contribution in [-0.4, -0.2) is 65.1 Å². The first-order chi connectivity index (χ1) is 13.2. The van der Waals surface area contributed by atoms with Crippen LogP contribution in [0.2, 0.25) is 0 Å². The summed E-state index contributed by atoms with van der Waals surface area (Å²) in [5, 5.41) is 3.50. The molecule has 0 spiro atoms. The number of hydrogen-bond donors (Lipinski definition) is 1. The van der Waals surface area contributed by atoms with Crippen LogP contribution in [-0.2, 0) is 13.1 Å². The van der Waals surface area contributed by atoms with Gasteiger partial charge in [0.15, 0.2) is 5.96 Å². The average molecular weight is 496 g/mol. The second kappa shape index (κ2) is 11.4. The van der Waals surface area contributed by atoms with Gasteiger partial charge >= 0.3 is 0 Å². The van der Waals surface area contributed by atoms with Gasteiger partial charge in [0.2, 0.25) is 0 Å². The molecule has 7 heteroatoms. The Kier molecular flexibility index (Phi) is 9.24. The van der Waals surface area contributed by atoms with Crippen molar-refractivity contribution in [1.29, 1.82) is 0 Å². The average Bonchev–Trinajstić information content (AvgIpc) is 3.11. The van der Waals surface area contributed by atoms with E-state index in [0.717, 1.165) is 50.4 Å². The highest BCUT2D eigenvalue weighted by molar-refractivity contribution is 14.0. The number of nitrogens with zero attached hydrogens (tertiary/aromatic N) is 5. The Morgan fingerprint density at radius 1 is 1.14 bits per heavy atom.